The van der Waals surface area contributed by atoms with Crippen LogP contribution < -0.4 is 15.5 Å². The third-order valence-electron chi connectivity index (χ3n) is 4.91. The van der Waals surface area contributed by atoms with E-state index in [-0.39, 0.29) is 35.8 Å². The Labute approximate surface area is 201 Å². The van der Waals surface area contributed by atoms with Gasteiger partial charge in [-0.2, -0.15) is 0 Å². The molecule has 0 aliphatic carbocycles. The summed E-state index contributed by atoms with van der Waals surface area (Å²) >= 11 is 0. The molecule has 3 rings (SSSR count). The van der Waals surface area contributed by atoms with Crippen molar-refractivity contribution in [1.29, 1.82) is 0 Å². The van der Waals surface area contributed by atoms with Gasteiger partial charge in [0, 0.05) is 56.7 Å². The number of nitrogens with zero attached hydrogens (tertiary/aromatic N) is 5. The maximum atomic E-state index is 11.8. The molecule has 8 nitrogen and oxygen atoms in total. The Morgan fingerprint density at radius 3 is 2.32 bits per heavy atom. The molecule has 0 spiro atoms. The van der Waals surface area contributed by atoms with Gasteiger partial charge in [-0.05, 0) is 30.7 Å². The van der Waals surface area contributed by atoms with E-state index in [0.717, 1.165) is 55.9 Å². The van der Waals surface area contributed by atoms with Crippen LogP contribution in [0.3, 0.4) is 0 Å². The Bertz CT molecular complexity index is 835. The van der Waals surface area contributed by atoms with Crippen molar-refractivity contribution in [3.05, 3.63) is 48.3 Å². The van der Waals surface area contributed by atoms with Crippen molar-refractivity contribution in [3.8, 4) is 0 Å². The summed E-state index contributed by atoms with van der Waals surface area (Å²) in [5, 5.41) is 6.31. The van der Waals surface area contributed by atoms with Crippen molar-refractivity contribution in [2.45, 2.75) is 27.3 Å². The van der Waals surface area contributed by atoms with E-state index in [4.69, 9.17) is 4.99 Å². The Kier molecular flexibility index (Phi) is 9.96. The number of halogens is 1. The molecule has 0 bridgehead atoms. The largest absolute Gasteiger partial charge is 0.357 e. The minimum absolute atomic E-state index is 0. The van der Waals surface area contributed by atoms with E-state index in [0.29, 0.717) is 6.54 Å². The second-order valence-electron chi connectivity index (χ2n) is 7.53. The van der Waals surface area contributed by atoms with Gasteiger partial charge in [0.05, 0.1) is 6.54 Å². The number of hydrogen-bond acceptors (Lipinski definition) is 5. The van der Waals surface area contributed by atoms with Crippen LogP contribution in [-0.4, -0.2) is 59.5 Å². The van der Waals surface area contributed by atoms with Crippen LogP contribution in [-0.2, 0) is 11.3 Å². The summed E-state index contributed by atoms with van der Waals surface area (Å²) in [6, 6.07) is 9.70. The zero-order valence-electron chi connectivity index (χ0n) is 18.4. The molecule has 0 radical (unpaired) electrons. The molecule has 2 N–H and O–H groups in total. The van der Waals surface area contributed by atoms with Crippen LogP contribution in [0.1, 0.15) is 26.3 Å². The number of aromatic nitrogens is 2. The zero-order chi connectivity index (χ0) is 21.3. The number of hydrogen-bond donors (Lipinski definition) is 2. The second-order valence-corrected chi connectivity index (χ2v) is 7.53. The minimum Gasteiger partial charge on any atom is -0.357 e. The maximum absolute atomic E-state index is 11.8. The first-order valence-electron chi connectivity index (χ1n) is 10.5. The van der Waals surface area contributed by atoms with Crippen molar-refractivity contribution in [2.24, 2.45) is 10.9 Å². The van der Waals surface area contributed by atoms with Gasteiger partial charge in [-0.3, -0.25) is 4.79 Å². The van der Waals surface area contributed by atoms with E-state index < -0.39 is 0 Å². The second kappa shape index (κ2) is 12.4. The van der Waals surface area contributed by atoms with Gasteiger partial charge in [-0.1, -0.05) is 26.0 Å². The highest BCUT2D eigenvalue weighted by Crippen LogP contribution is 2.13. The van der Waals surface area contributed by atoms with Crippen LogP contribution in [0.4, 0.5) is 11.6 Å². The van der Waals surface area contributed by atoms with E-state index in [1.807, 2.05) is 44.2 Å². The molecular formula is C22H32IN7O. The molecule has 2 aromatic rings. The van der Waals surface area contributed by atoms with E-state index in [1.54, 1.807) is 12.4 Å². The maximum Gasteiger partial charge on any atom is 0.226 e. The third kappa shape index (κ3) is 7.34. The van der Waals surface area contributed by atoms with Gasteiger partial charge in [0.2, 0.25) is 11.9 Å². The average molecular weight is 537 g/mol. The van der Waals surface area contributed by atoms with E-state index >= 15 is 0 Å². The highest BCUT2D eigenvalue weighted by atomic mass is 127. The number of anilines is 2. The normalized spacial score (nSPS) is 14.3. The summed E-state index contributed by atoms with van der Waals surface area (Å²) in [7, 11) is 0. The van der Waals surface area contributed by atoms with Gasteiger partial charge in [0.25, 0.3) is 0 Å². The van der Waals surface area contributed by atoms with Crippen molar-refractivity contribution < 1.29 is 4.79 Å². The number of guanidine groups is 1. The predicted octanol–water partition coefficient (Wildman–Crippen LogP) is 2.98. The molecule has 1 aromatic heterocycles. The van der Waals surface area contributed by atoms with Gasteiger partial charge in [-0.15, -0.1) is 24.0 Å². The fraction of sp³-hybridized carbons (Fsp3) is 0.455. The standard InChI is InChI=1S/C22H31N7O.HI/c1-4-23-21(28-12-14-29(15-13-28)22-24-10-5-11-25-22)26-16-18-6-8-19(9-7-18)27-20(30)17(2)3;/h5-11,17H,4,12-16H2,1-3H3,(H,23,26)(H,27,30);1H. The van der Waals surface area contributed by atoms with Gasteiger partial charge < -0.3 is 20.4 Å². The number of carbonyl (C=O) groups is 1. The predicted molar refractivity (Wildman–Crippen MR) is 136 cm³/mol. The van der Waals surface area contributed by atoms with Crippen molar-refractivity contribution >= 4 is 47.5 Å². The number of nitrogens with one attached hydrogen (secondary N) is 2. The Hall–Kier alpha value is -2.43. The number of benzene rings is 1. The molecule has 2 heterocycles. The average Bonchev–Trinajstić information content (AvgIpc) is 2.78. The van der Waals surface area contributed by atoms with Crippen molar-refractivity contribution in [3.63, 3.8) is 0 Å². The molecule has 0 saturated carbocycles. The monoisotopic (exact) mass is 537 g/mol. The minimum atomic E-state index is -0.0362. The molecule has 1 saturated heterocycles. The summed E-state index contributed by atoms with van der Waals surface area (Å²) in [6.45, 7) is 10.7. The highest BCUT2D eigenvalue weighted by molar-refractivity contribution is 14.0. The topological polar surface area (TPSA) is 85.8 Å². The van der Waals surface area contributed by atoms with Crippen LogP contribution in [0.15, 0.2) is 47.7 Å². The third-order valence-corrected chi connectivity index (χ3v) is 4.91. The fourth-order valence-electron chi connectivity index (χ4n) is 3.14. The summed E-state index contributed by atoms with van der Waals surface area (Å²) < 4.78 is 0. The van der Waals surface area contributed by atoms with Crippen LogP contribution in [0, 0.1) is 5.92 Å². The molecule has 1 aliphatic rings. The molecule has 31 heavy (non-hydrogen) atoms. The Balaban J connectivity index is 0.00000341. The quantitative estimate of drug-likeness (QED) is 0.335. The molecule has 0 atom stereocenters. The number of aliphatic imine (C=N–C) groups is 1. The molecule has 9 heteroatoms. The molecule has 1 aliphatic heterocycles. The summed E-state index contributed by atoms with van der Waals surface area (Å²) in [4.78, 5) is 29.8. The zero-order valence-corrected chi connectivity index (χ0v) is 20.7. The SMILES string of the molecule is CCNC(=NCc1ccc(NC(=O)C(C)C)cc1)N1CCN(c2ncccn2)CC1.I. The summed E-state index contributed by atoms with van der Waals surface area (Å²) in [6.07, 6.45) is 3.56. The first kappa shape index (κ1) is 24.8. The van der Waals surface area contributed by atoms with Gasteiger partial charge >= 0.3 is 0 Å². The van der Waals surface area contributed by atoms with Gasteiger partial charge in [-0.25, -0.2) is 15.0 Å². The number of amides is 1. The Morgan fingerprint density at radius 1 is 1.10 bits per heavy atom. The van der Waals surface area contributed by atoms with E-state index in [1.165, 1.54) is 0 Å². The van der Waals surface area contributed by atoms with Crippen LogP contribution in [0.5, 0.6) is 0 Å². The van der Waals surface area contributed by atoms with Crippen LogP contribution >= 0.6 is 24.0 Å². The first-order chi connectivity index (χ1) is 14.6. The lowest BCUT2D eigenvalue weighted by molar-refractivity contribution is -0.118. The van der Waals surface area contributed by atoms with Gasteiger partial charge in [0.15, 0.2) is 5.96 Å². The van der Waals surface area contributed by atoms with Crippen LogP contribution in [0.2, 0.25) is 0 Å². The van der Waals surface area contributed by atoms with Gasteiger partial charge in [0.1, 0.15) is 0 Å². The van der Waals surface area contributed by atoms with Crippen molar-refractivity contribution in [1.82, 2.24) is 20.2 Å². The number of carbonyl (C=O) groups excluding carboxylic acids is 1. The molecule has 0 unspecified atom stereocenters. The van der Waals surface area contributed by atoms with Crippen molar-refractivity contribution in [2.75, 3.05) is 42.9 Å². The lowest BCUT2D eigenvalue weighted by atomic mass is 10.1. The Morgan fingerprint density at radius 2 is 1.74 bits per heavy atom. The number of rotatable bonds is 6. The fourth-order valence-corrected chi connectivity index (χ4v) is 3.14. The van der Waals surface area contributed by atoms with E-state index in [2.05, 4.69) is 37.3 Å². The van der Waals surface area contributed by atoms with Crippen LogP contribution in [0.25, 0.3) is 0 Å². The van der Waals surface area contributed by atoms with E-state index in [9.17, 15) is 4.79 Å². The summed E-state index contributed by atoms with van der Waals surface area (Å²) in [5.74, 6) is 1.69. The highest BCUT2D eigenvalue weighted by Gasteiger charge is 2.21. The molecule has 1 fully saturated rings. The first-order valence-corrected chi connectivity index (χ1v) is 10.5. The lowest BCUT2D eigenvalue weighted by Gasteiger charge is -2.36. The molecular weight excluding hydrogens is 505 g/mol. The molecule has 1 aromatic carbocycles. The lowest BCUT2D eigenvalue weighted by Crippen LogP contribution is -2.52. The molecule has 1 amide bonds. The summed E-state index contributed by atoms with van der Waals surface area (Å²) in [5.41, 5.74) is 1.91. The molecule has 168 valence electrons. The smallest absolute Gasteiger partial charge is 0.226 e. The number of piperazine rings is 1.